The molecule has 0 amide bonds. The van der Waals surface area contributed by atoms with Crippen LogP contribution in [0.25, 0.3) is 0 Å². The Kier molecular flexibility index (Phi) is 25.3. The molecule has 6 N–H and O–H groups in total. The first kappa shape index (κ1) is 42.2. The molecular formula is C32H60O12. The lowest BCUT2D eigenvalue weighted by molar-refractivity contribution is -0.169. The van der Waals surface area contributed by atoms with Gasteiger partial charge < -0.3 is 44.8 Å². The van der Waals surface area contributed by atoms with E-state index in [1.807, 2.05) is 0 Å². The molecule has 12 nitrogen and oxygen atoms in total. The molecule has 0 heterocycles. The molecule has 260 valence electrons. The fraction of sp³-hybridized carbons (Fsp3) is 0.906. The highest BCUT2D eigenvalue weighted by atomic mass is 16.6. The van der Waals surface area contributed by atoms with Gasteiger partial charge >= 0.3 is 17.9 Å². The van der Waals surface area contributed by atoms with Crippen molar-refractivity contribution in [2.75, 3.05) is 13.2 Å². The number of hydrogen-bond acceptors (Lipinski definition) is 12. The number of aliphatic hydroxyl groups is 6. The standard InChI is InChI=1S/C32H60O12/c1-4-5-6-13-16-25(36)17-14-11-9-7-8-10-12-15-18-30(39)42-22-27(38)32(41)29(44-24(3)35)20-19-28(43-23(2)34)31(40)26(37)21-33/h25-29,31-33,36-38,40-41H,4-22H2,1-3H3/t25-,26+,27+,28-,29-,31-,32-/m1/s1. The largest absolute Gasteiger partial charge is 0.463 e. The SMILES string of the molecule is CCCCCC[C@@H](O)CCCCCCCCCCC(=O)OC[C@H](O)[C@@H](O)[C@@H](CC[C@@H](OC(C)=O)[C@H](O)[C@@H](O)CO)OC(C)=O. The Hall–Kier alpha value is -1.83. The summed E-state index contributed by atoms with van der Waals surface area (Å²) >= 11 is 0. The molecule has 0 aliphatic rings. The highest BCUT2D eigenvalue weighted by Crippen LogP contribution is 2.19. The molecule has 0 aliphatic carbocycles. The number of carbonyl (C=O) groups is 3. The normalized spacial score (nSPS) is 16.3. The van der Waals surface area contributed by atoms with Crippen LogP contribution in [0.5, 0.6) is 0 Å². The molecule has 0 spiro atoms. The van der Waals surface area contributed by atoms with Gasteiger partial charge in [0.15, 0.2) is 0 Å². The lowest BCUT2D eigenvalue weighted by atomic mass is 9.97. The summed E-state index contributed by atoms with van der Waals surface area (Å²) in [4.78, 5) is 35.1. The molecule has 0 aromatic carbocycles. The van der Waals surface area contributed by atoms with Crippen molar-refractivity contribution < 1.29 is 59.2 Å². The maximum absolute atomic E-state index is 12.1. The molecule has 0 saturated carbocycles. The van der Waals surface area contributed by atoms with Crippen LogP contribution in [0.15, 0.2) is 0 Å². The first-order valence-electron chi connectivity index (χ1n) is 16.4. The highest BCUT2D eigenvalue weighted by Gasteiger charge is 2.34. The van der Waals surface area contributed by atoms with E-state index in [4.69, 9.17) is 19.3 Å². The van der Waals surface area contributed by atoms with Crippen LogP contribution in [0, 0.1) is 0 Å². The van der Waals surface area contributed by atoms with E-state index in [1.54, 1.807) is 0 Å². The summed E-state index contributed by atoms with van der Waals surface area (Å²) in [6, 6.07) is 0. The predicted octanol–water partition coefficient (Wildman–Crippen LogP) is 2.84. The predicted molar refractivity (Wildman–Crippen MR) is 163 cm³/mol. The Morgan fingerprint density at radius 1 is 0.591 bits per heavy atom. The number of esters is 3. The van der Waals surface area contributed by atoms with Gasteiger partial charge in [0.1, 0.15) is 43.2 Å². The molecule has 0 aromatic rings. The Bertz CT molecular complexity index is 749. The lowest BCUT2D eigenvalue weighted by Gasteiger charge is -2.29. The van der Waals surface area contributed by atoms with Gasteiger partial charge in [0.2, 0.25) is 0 Å². The minimum atomic E-state index is -1.65. The highest BCUT2D eigenvalue weighted by molar-refractivity contribution is 5.69. The van der Waals surface area contributed by atoms with Crippen molar-refractivity contribution in [2.45, 2.75) is 173 Å². The number of unbranched alkanes of at least 4 members (excludes halogenated alkanes) is 10. The third kappa shape index (κ3) is 21.8. The van der Waals surface area contributed by atoms with E-state index in [0.717, 1.165) is 78.1 Å². The second kappa shape index (κ2) is 26.4. The topological polar surface area (TPSA) is 200 Å². The first-order chi connectivity index (χ1) is 20.9. The zero-order valence-electron chi connectivity index (χ0n) is 27.1. The number of ether oxygens (including phenoxy) is 3. The zero-order valence-corrected chi connectivity index (χ0v) is 27.1. The van der Waals surface area contributed by atoms with E-state index in [0.29, 0.717) is 6.42 Å². The van der Waals surface area contributed by atoms with Crippen LogP contribution in [0.2, 0.25) is 0 Å². The van der Waals surface area contributed by atoms with Gasteiger partial charge in [-0.05, 0) is 32.1 Å². The average Bonchev–Trinajstić information content (AvgIpc) is 2.98. The van der Waals surface area contributed by atoms with Crippen LogP contribution in [0.3, 0.4) is 0 Å². The van der Waals surface area contributed by atoms with Crippen LogP contribution in [0.1, 0.15) is 130 Å². The maximum Gasteiger partial charge on any atom is 0.305 e. The molecule has 0 saturated heterocycles. The fourth-order valence-corrected chi connectivity index (χ4v) is 4.97. The van der Waals surface area contributed by atoms with Crippen molar-refractivity contribution in [3.63, 3.8) is 0 Å². The zero-order chi connectivity index (χ0) is 33.3. The monoisotopic (exact) mass is 636 g/mol. The van der Waals surface area contributed by atoms with Crippen molar-refractivity contribution in [1.29, 1.82) is 0 Å². The molecule has 44 heavy (non-hydrogen) atoms. The maximum atomic E-state index is 12.1. The third-order valence-electron chi connectivity index (χ3n) is 7.58. The van der Waals surface area contributed by atoms with Crippen molar-refractivity contribution in [2.24, 2.45) is 0 Å². The van der Waals surface area contributed by atoms with Crippen LogP contribution in [-0.4, -0.2) is 104 Å². The smallest absolute Gasteiger partial charge is 0.305 e. The van der Waals surface area contributed by atoms with E-state index in [1.165, 1.54) is 19.3 Å². The van der Waals surface area contributed by atoms with Crippen LogP contribution in [-0.2, 0) is 28.6 Å². The summed E-state index contributed by atoms with van der Waals surface area (Å²) in [5.74, 6) is -2.04. The second-order valence-electron chi connectivity index (χ2n) is 11.7. The van der Waals surface area contributed by atoms with Gasteiger partial charge in [-0.15, -0.1) is 0 Å². The van der Waals surface area contributed by atoms with Gasteiger partial charge in [0.25, 0.3) is 0 Å². The summed E-state index contributed by atoms with van der Waals surface area (Å²) in [7, 11) is 0. The van der Waals surface area contributed by atoms with Crippen molar-refractivity contribution in [3.8, 4) is 0 Å². The molecule has 0 fully saturated rings. The average molecular weight is 637 g/mol. The Labute approximate surface area is 263 Å². The van der Waals surface area contributed by atoms with Crippen LogP contribution < -0.4 is 0 Å². The van der Waals surface area contributed by atoms with Gasteiger partial charge in [-0.25, -0.2) is 0 Å². The fourth-order valence-electron chi connectivity index (χ4n) is 4.97. The summed E-state index contributed by atoms with van der Waals surface area (Å²) < 4.78 is 15.2. The Morgan fingerprint density at radius 2 is 1.02 bits per heavy atom. The van der Waals surface area contributed by atoms with E-state index in [9.17, 15) is 39.9 Å². The summed E-state index contributed by atoms with van der Waals surface area (Å²) in [6.45, 7) is 3.06. The molecule has 7 atom stereocenters. The van der Waals surface area contributed by atoms with E-state index in [2.05, 4.69) is 6.92 Å². The van der Waals surface area contributed by atoms with Crippen LogP contribution >= 0.6 is 0 Å². The van der Waals surface area contributed by atoms with E-state index >= 15 is 0 Å². The molecule has 0 rings (SSSR count). The molecule has 0 bridgehead atoms. The first-order valence-corrected chi connectivity index (χ1v) is 16.4. The van der Waals surface area contributed by atoms with Crippen LogP contribution in [0.4, 0.5) is 0 Å². The molecule has 0 aliphatic heterocycles. The lowest BCUT2D eigenvalue weighted by Crippen LogP contribution is -2.45. The number of rotatable bonds is 28. The molecule has 0 unspecified atom stereocenters. The quantitative estimate of drug-likeness (QED) is 0.0417. The number of hydrogen-bond donors (Lipinski definition) is 6. The number of aliphatic hydroxyl groups excluding tert-OH is 6. The van der Waals surface area contributed by atoms with Gasteiger partial charge in [-0.2, -0.15) is 0 Å². The number of carbonyl (C=O) groups excluding carboxylic acids is 3. The van der Waals surface area contributed by atoms with Crippen molar-refractivity contribution in [3.05, 3.63) is 0 Å². The second-order valence-corrected chi connectivity index (χ2v) is 11.7. The van der Waals surface area contributed by atoms with Gasteiger partial charge in [-0.3, -0.25) is 14.4 Å². The summed E-state index contributed by atoms with van der Waals surface area (Å²) in [5, 5.41) is 59.9. The van der Waals surface area contributed by atoms with Crippen molar-refractivity contribution >= 4 is 17.9 Å². The summed E-state index contributed by atoms with van der Waals surface area (Å²) in [5.41, 5.74) is 0. The Morgan fingerprint density at radius 3 is 1.48 bits per heavy atom. The summed E-state index contributed by atoms with van der Waals surface area (Å²) in [6.07, 6.45) is 5.12. The van der Waals surface area contributed by atoms with Crippen molar-refractivity contribution in [1.82, 2.24) is 0 Å². The molecular weight excluding hydrogens is 576 g/mol. The molecule has 12 heteroatoms. The van der Waals surface area contributed by atoms with E-state index < -0.39 is 67.7 Å². The van der Waals surface area contributed by atoms with E-state index in [-0.39, 0.29) is 25.4 Å². The third-order valence-corrected chi connectivity index (χ3v) is 7.58. The minimum Gasteiger partial charge on any atom is -0.463 e. The van der Waals surface area contributed by atoms with Gasteiger partial charge in [-0.1, -0.05) is 77.6 Å². The molecule has 0 aromatic heterocycles. The molecule has 0 radical (unpaired) electrons. The minimum absolute atomic E-state index is 0.168. The van der Waals surface area contributed by atoms with Gasteiger partial charge in [0.05, 0.1) is 12.7 Å². The van der Waals surface area contributed by atoms with Gasteiger partial charge in [0, 0.05) is 20.3 Å². The Balaban J connectivity index is 4.29.